The number of unbranched alkanes of at least 4 members (excludes halogenated alkanes) is 27. The van der Waals surface area contributed by atoms with E-state index >= 15 is 0 Å². The molecule has 0 aliphatic heterocycles. The maximum absolute atomic E-state index is 12.8. The highest BCUT2D eigenvalue weighted by molar-refractivity contribution is 7.45. The third-order valence-electron chi connectivity index (χ3n) is 12.9. The number of nitrogens with zero attached hydrogens (tertiary/aromatic N) is 1. The number of phosphoric acid groups is 1. The van der Waals surface area contributed by atoms with Gasteiger partial charge in [0.2, 0.25) is 0 Å². The Morgan fingerprint density at radius 2 is 0.770 bits per heavy atom. The standard InChI is InChI=1S/C64H114NO8P/c1-6-8-10-12-14-16-18-20-21-22-23-24-25-26-27-28-29-30-31-32-33-34-35-36-37-38-39-40-41-42-43-45-47-49-51-53-55-57-64(67)73-62(61-72-74(68,69)71-59-58-65(3,4)5)60-70-63(66)56-54-52-50-48-46-44-19-17-15-13-11-9-7-2/h8,10,14,16,20-21,23-24,26-27,29-30,32-33,62H,6-7,9,11-13,15,17-19,22,25,28,31,34-61H2,1-5H3/b10-8-,16-14-,21-20-,24-23-,27-26-,30-29-,33-32-. The third kappa shape index (κ3) is 58.5. The van der Waals surface area contributed by atoms with E-state index in [0.717, 1.165) is 83.5 Å². The van der Waals surface area contributed by atoms with Gasteiger partial charge in [-0.2, -0.15) is 0 Å². The van der Waals surface area contributed by atoms with Crippen LogP contribution >= 0.6 is 7.82 Å². The van der Waals surface area contributed by atoms with Crippen molar-refractivity contribution in [3.05, 3.63) is 85.1 Å². The molecule has 2 atom stereocenters. The lowest BCUT2D eigenvalue weighted by molar-refractivity contribution is -0.870. The second kappa shape index (κ2) is 55.0. The number of likely N-dealkylation sites (N-methyl/N-ethyl adjacent to an activating group) is 1. The summed E-state index contributed by atoms with van der Waals surface area (Å²) in [6.45, 7) is 4.14. The number of hydrogen-bond donors (Lipinski definition) is 0. The number of carbonyl (C=O) groups excluding carboxylic acids is 2. The van der Waals surface area contributed by atoms with Crippen LogP contribution in [-0.2, 0) is 32.7 Å². The van der Waals surface area contributed by atoms with Crippen molar-refractivity contribution in [3.8, 4) is 0 Å². The van der Waals surface area contributed by atoms with Gasteiger partial charge in [-0.15, -0.1) is 0 Å². The fourth-order valence-corrected chi connectivity index (χ4v) is 9.01. The fraction of sp³-hybridized carbons (Fsp3) is 0.750. The minimum atomic E-state index is -4.63. The normalized spacial score (nSPS) is 13.9. The topological polar surface area (TPSA) is 111 Å². The molecule has 0 spiro atoms. The van der Waals surface area contributed by atoms with Gasteiger partial charge >= 0.3 is 11.9 Å². The van der Waals surface area contributed by atoms with Crippen molar-refractivity contribution in [3.63, 3.8) is 0 Å². The second-order valence-corrected chi connectivity index (χ2v) is 22.8. The highest BCUT2D eigenvalue weighted by Gasteiger charge is 2.22. The zero-order valence-electron chi connectivity index (χ0n) is 48.5. The Morgan fingerprint density at radius 1 is 0.432 bits per heavy atom. The van der Waals surface area contributed by atoms with E-state index in [1.165, 1.54) is 141 Å². The molecule has 0 aliphatic carbocycles. The minimum Gasteiger partial charge on any atom is -0.756 e. The first-order valence-electron chi connectivity index (χ1n) is 30.3. The zero-order chi connectivity index (χ0) is 54.2. The molecule has 0 fully saturated rings. The second-order valence-electron chi connectivity index (χ2n) is 21.3. The van der Waals surface area contributed by atoms with Gasteiger partial charge in [0.1, 0.15) is 19.8 Å². The van der Waals surface area contributed by atoms with Crippen molar-refractivity contribution in [2.24, 2.45) is 0 Å². The molecule has 0 radical (unpaired) electrons. The Hall–Kier alpha value is -2.81. The van der Waals surface area contributed by atoms with E-state index < -0.39 is 26.5 Å². The van der Waals surface area contributed by atoms with Crippen LogP contribution in [0.25, 0.3) is 0 Å². The molecule has 0 aliphatic rings. The van der Waals surface area contributed by atoms with E-state index in [1.54, 1.807) is 0 Å². The summed E-state index contributed by atoms with van der Waals surface area (Å²) in [7, 11) is 1.17. The molecule has 0 rings (SSSR count). The Labute approximate surface area is 456 Å². The van der Waals surface area contributed by atoms with Crippen LogP contribution in [0, 0.1) is 0 Å². The average molecular weight is 1060 g/mol. The van der Waals surface area contributed by atoms with Crippen LogP contribution in [0.2, 0.25) is 0 Å². The first-order chi connectivity index (χ1) is 36.0. The van der Waals surface area contributed by atoms with Gasteiger partial charge in [0, 0.05) is 12.8 Å². The first-order valence-corrected chi connectivity index (χ1v) is 31.8. The largest absolute Gasteiger partial charge is 0.756 e. The summed E-state index contributed by atoms with van der Waals surface area (Å²) in [5.41, 5.74) is 0. The Bertz CT molecular complexity index is 1520. The van der Waals surface area contributed by atoms with E-state index in [-0.39, 0.29) is 32.0 Å². The van der Waals surface area contributed by atoms with E-state index in [9.17, 15) is 19.0 Å². The lowest BCUT2D eigenvalue weighted by atomic mass is 10.0. The quantitative estimate of drug-likeness (QED) is 0.0195. The molecule has 0 heterocycles. The van der Waals surface area contributed by atoms with Crippen LogP contribution < -0.4 is 4.89 Å². The SMILES string of the molecule is CC/C=C\C/C=C\C/C=C\C/C=C\C/C=C\C/C=C\C/C=C\CCCCCCCCCCCCCCCCCC(=O)OC(COC(=O)CCCCCCCCCCCCCCC)COP(=O)([O-])OCC[N+](C)(C)C. The predicted molar refractivity (Wildman–Crippen MR) is 314 cm³/mol. The van der Waals surface area contributed by atoms with Gasteiger partial charge < -0.3 is 27.9 Å². The number of phosphoric ester groups is 1. The molecule has 2 unspecified atom stereocenters. The summed E-state index contributed by atoms with van der Waals surface area (Å²) in [6, 6.07) is 0. The van der Waals surface area contributed by atoms with Gasteiger partial charge in [-0.25, -0.2) is 0 Å². The van der Waals surface area contributed by atoms with Crippen LogP contribution in [0.15, 0.2) is 85.1 Å². The smallest absolute Gasteiger partial charge is 0.306 e. The number of ether oxygens (including phenoxy) is 2. The molecule has 0 saturated heterocycles. The Kier molecular flexibility index (Phi) is 52.9. The molecular formula is C64H114NO8P. The molecule has 9 nitrogen and oxygen atoms in total. The van der Waals surface area contributed by atoms with Gasteiger partial charge in [0.05, 0.1) is 27.7 Å². The van der Waals surface area contributed by atoms with Gasteiger partial charge in [0.15, 0.2) is 6.10 Å². The number of carbonyl (C=O) groups is 2. The maximum atomic E-state index is 12.8. The first kappa shape index (κ1) is 71.2. The van der Waals surface area contributed by atoms with Crippen molar-refractivity contribution >= 4 is 19.8 Å². The molecule has 0 saturated carbocycles. The molecule has 10 heteroatoms. The van der Waals surface area contributed by atoms with E-state index in [1.807, 2.05) is 21.1 Å². The van der Waals surface area contributed by atoms with Crippen LogP contribution in [0.1, 0.15) is 258 Å². The molecular weight excluding hydrogens is 942 g/mol. The van der Waals surface area contributed by atoms with Gasteiger partial charge in [-0.05, 0) is 70.6 Å². The van der Waals surface area contributed by atoms with Crippen molar-refractivity contribution in [2.45, 2.75) is 264 Å². The van der Waals surface area contributed by atoms with Crippen LogP contribution in [-0.4, -0.2) is 70.0 Å². The summed E-state index contributed by atoms with van der Waals surface area (Å²) in [4.78, 5) is 37.8. The summed E-state index contributed by atoms with van der Waals surface area (Å²) in [5.74, 6) is -0.827. The zero-order valence-corrected chi connectivity index (χ0v) is 49.4. The molecule has 74 heavy (non-hydrogen) atoms. The Morgan fingerprint density at radius 3 is 1.15 bits per heavy atom. The van der Waals surface area contributed by atoms with Gasteiger partial charge in [-0.1, -0.05) is 259 Å². The summed E-state index contributed by atoms with van der Waals surface area (Å²) in [6.07, 6.45) is 73.6. The fourth-order valence-electron chi connectivity index (χ4n) is 8.28. The highest BCUT2D eigenvalue weighted by Crippen LogP contribution is 2.38. The Balaban J connectivity index is 4.01. The van der Waals surface area contributed by atoms with E-state index in [0.29, 0.717) is 17.4 Å². The lowest BCUT2D eigenvalue weighted by Gasteiger charge is -2.28. The number of quaternary nitrogens is 1. The molecule has 0 amide bonds. The average Bonchev–Trinajstić information content (AvgIpc) is 3.36. The van der Waals surface area contributed by atoms with Crippen LogP contribution in [0.5, 0.6) is 0 Å². The lowest BCUT2D eigenvalue weighted by Crippen LogP contribution is -2.37. The number of rotatable bonds is 55. The van der Waals surface area contributed by atoms with E-state index in [4.69, 9.17) is 18.5 Å². The van der Waals surface area contributed by atoms with Crippen LogP contribution in [0.4, 0.5) is 0 Å². The molecule has 0 aromatic carbocycles. The molecule has 0 aromatic rings. The van der Waals surface area contributed by atoms with Crippen molar-refractivity contribution in [2.75, 3.05) is 47.5 Å². The number of hydrogen-bond acceptors (Lipinski definition) is 8. The number of esters is 2. The maximum Gasteiger partial charge on any atom is 0.306 e. The minimum absolute atomic E-state index is 0.0313. The summed E-state index contributed by atoms with van der Waals surface area (Å²) >= 11 is 0. The molecule has 428 valence electrons. The summed E-state index contributed by atoms with van der Waals surface area (Å²) < 4.78 is 34.1. The molecule has 0 bridgehead atoms. The van der Waals surface area contributed by atoms with Gasteiger partial charge in [0.25, 0.3) is 7.82 Å². The van der Waals surface area contributed by atoms with E-state index in [2.05, 4.69) is 98.9 Å². The monoisotopic (exact) mass is 1060 g/mol. The predicted octanol–water partition coefficient (Wildman–Crippen LogP) is 18.4. The van der Waals surface area contributed by atoms with Crippen molar-refractivity contribution in [1.29, 1.82) is 0 Å². The van der Waals surface area contributed by atoms with Crippen molar-refractivity contribution in [1.82, 2.24) is 0 Å². The van der Waals surface area contributed by atoms with Crippen LogP contribution in [0.3, 0.4) is 0 Å². The molecule has 0 N–H and O–H groups in total. The van der Waals surface area contributed by atoms with Gasteiger partial charge in [-0.3, -0.25) is 14.2 Å². The highest BCUT2D eigenvalue weighted by atomic mass is 31.2. The number of allylic oxidation sites excluding steroid dienone is 14. The third-order valence-corrected chi connectivity index (χ3v) is 13.9. The molecule has 0 aromatic heterocycles. The summed E-state index contributed by atoms with van der Waals surface area (Å²) in [5, 5.41) is 0. The van der Waals surface area contributed by atoms with Crippen molar-refractivity contribution < 1.29 is 42.1 Å².